The molecule has 1 fully saturated rings. The van der Waals surface area contributed by atoms with E-state index < -0.39 is 0 Å². The smallest absolute Gasteiger partial charge is 0.115 e. The first-order valence-corrected chi connectivity index (χ1v) is 7.12. The molecule has 0 bridgehead atoms. The molecule has 0 amide bonds. The minimum absolute atomic E-state index is 0.324. The van der Waals surface area contributed by atoms with E-state index in [-0.39, 0.29) is 0 Å². The summed E-state index contributed by atoms with van der Waals surface area (Å²) < 4.78 is 0. The number of benzene rings is 2. The van der Waals surface area contributed by atoms with Gasteiger partial charge in [0.1, 0.15) is 5.75 Å². The fourth-order valence-corrected chi connectivity index (χ4v) is 2.76. The summed E-state index contributed by atoms with van der Waals surface area (Å²) in [5.74, 6) is 0.324. The first-order chi connectivity index (χ1) is 9.81. The zero-order chi connectivity index (χ0) is 13.8. The predicted molar refractivity (Wildman–Crippen MR) is 82.3 cm³/mol. The summed E-state index contributed by atoms with van der Waals surface area (Å²) in [6.45, 7) is 3.01. The molecule has 0 spiro atoms. The maximum Gasteiger partial charge on any atom is 0.115 e. The molecule has 0 saturated carbocycles. The summed E-state index contributed by atoms with van der Waals surface area (Å²) in [5, 5.41) is 13.0. The Labute approximate surface area is 119 Å². The van der Waals surface area contributed by atoms with Gasteiger partial charge in [-0.2, -0.15) is 0 Å². The first-order valence-electron chi connectivity index (χ1n) is 7.12. The average molecular weight is 268 g/mol. The van der Waals surface area contributed by atoms with E-state index in [0.29, 0.717) is 11.8 Å². The lowest BCUT2D eigenvalue weighted by Crippen LogP contribution is -2.51. The van der Waals surface area contributed by atoms with Gasteiger partial charge in [-0.15, -0.1) is 0 Å². The number of anilines is 1. The Hall–Kier alpha value is -2.00. The van der Waals surface area contributed by atoms with E-state index in [0.717, 1.165) is 26.1 Å². The zero-order valence-electron chi connectivity index (χ0n) is 11.5. The lowest BCUT2D eigenvalue weighted by molar-refractivity contribution is 0.454. The summed E-state index contributed by atoms with van der Waals surface area (Å²) in [7, 11) is 0. The lowest BCUT2D eigenvalue weighted by Gasteiger charge is -2.35. The van der Waals surface area contributed by atoms with Crippen molar-refractivity contribution in [3.8, 4) is 5.75 Å². The molecule has 3 rings (SSSR count). The second kappa shape index (κ2) is 5.97. The molecule has 2 aromatic carbocycles. The second-order valence-electron chi connectivity index (χ2n) is 5.30. The molecule has 1 atom stereocenters. The highest BCUT2D eigenvalue weighted by Crippen LogP contribution is 2.20. The number of rotatable bonds is 3. The third kappa shape index (κ3) is 3.11. The van der Waals surface area contributed by atoms with Crippen LogP contribution in [0.2, 0.25) is 0 Å². The number of hydrogen-bond donors (Lipinski definition) is 2. The number of hydrogen-bond acceptors (Lipinski definition) is 3. The summed E-state index contributed by atoms with van der Waals surface area (Å²) in [6, 6.07) is 18.6. The van der Waals surface area contributed by atoms with Gasteiger partial charge in [0.15, 0.2) is 0 Å². The molecule has 0 unspecified atom stereocenters. The molecule has 0 radical (unpaired) electrons. The largest absolute Gasteiger partial charge is 0.508 e. The molecule has 3 heteroatoms. The van der Waals surface area contributed by atoms with Crippen molar-refractivity contribution < 1.29 is 5.11 Å². The second-order valence-corrected chi connectivity index (χ2v) is 5.30. The van der Waals surface area contributed by atoms with Gasteiger partial charge in [-0.25, -0.2) is 0 Å². The Bertz CT molecular complexity index is 539. The fourth-order valence-electron chi connectivity index (χ4n) is 2.76. The van der Waals surface area contributed by atoms with Crippen molar-refractivity contribution in [3.05, 3.63) is 60.2 Å². The van der Waals surface area contributed by atoms with Crippen molar-refractivity contribution in [2.45, 2.75) is 12.5 Å². The molecular formula is C17H20N2O. The lowest BCUT2D eigenvalue weighted by atomic mass is 10.0. The normalized spacial score (nSPS) is 19.0. The third-order valence-corrected chi connectivity index (χ3v) is 3.80. The van der Waals surface area contributed by atoms with Crippen LogP contribution in [0.1, 0.15) is 5.56 Å². The van der Waals surface area contributed by atoms with Gasteiger partial charge >= 0.3 is 0 Å². The SMILES string of the molecule is Oc1ccc(N2CCN[C@@H](Cc3ccccc3)C2)cc1. The van der Waals surface area contributed by atoms with Crippen molar-refractivity contribution in [2.24, 2.45) is 0 Å². The molecule has 3 nitrogen and oxygen atoms in total. The molecule has 2 aromatic rings. The standard InChI is InChI=1S/C17H20N2O/c20-17-8-6-16(7-9-17)19-11-10-18-15(13-19)12-14-4-2-1-3-5-14/h1-9,15,18,20H,10-13H2/t15-/m0/s1. The summed E-state index contributed by atoms with van der Waals surface area (Å²) >= 11 is 0. The van der Waals surface area contributed by atoms with E-state index in [1.807, 2.05) is 12.1 Å². The van der Waals surface area contributed by atoms with Crippen LogP contribution in [0.25, 0.3) is 0 Å². The van der Waals surface area contributed by atoms with Gasteiger partial charge in [0.2, 0.25) is 0 Å². The Kier molecular flexibility index (Phi) is 3.88. The number of phenols is 1. The van der Waals surface area contributed by atoms with Crippen LogP contribution in [-0.4, -0.2) is 30.8 Å². The molecule has 1 saturated heterocycles. The van der Waals surface area contributed by atoms with E-state index in [1.165, 1.54) is 11.3 Å². The van der Waals surface area contributed by atoms with Gasteiger partial charge in [-0.3, -0.25) is 0 Å². The van der Waals surface area contributed by atoms with Crippen molar-refractivity contribution in [3.63, 3.8) is 0 Å². The van der Waals surface area contributed by atoms with E-state index in [2.05, 4.69) is 40.5 Å². The quantitative estimate of drug-likeness (QED) is 0.897. The fraction of sp³-hybridized carbons (Fsp3) is 0.294. The van der Waals surface area contributed by atoms with Gasteiger partial charge in [0, 0.05) is 31.4 Å². The van der Waals surface area contributed by atoms with Crippen LogP contribution < -0.4 is 10.2 Å². The van der Waals surface area contributed by atoms with Crippen LogP contribution >= 0.6 is 0 Å². The maximum atomic E-state index is 9.37. The minimum Gasteiger partial charge on any atom is -0.508 e. The van der Waals surface area contributed by atoms with Gasteiger partial charge in [-0.05, 0) is 36.2 Å². The van der Waals surface area contributed by atoms with Crippen LogP contribution in [0.15, 0.2) is 54.6 Å². The Morgan fingerprint density at radius 3 is 2.55 bits per heavy atom. The van der Waals surface area contributed by atoms with Gasteiger partial charge in [-0.1, -0.05) is 30.3 Å². The average Bonchev–Trinajstić information content (AvgIpc) is 2.49. The Balaban J connectivity index is 1.66. The first kappa shape index (κ1) is 13.0. The predicted octanol–water partition coefficient (Wildman–Crippen LogP) is 2.41. The molecular weight excluding hydrogens is 248 g/mol. The summed E-state index contributed by atoms with van der Waals surface area (Å²) in [5.41, 5.74) is 2.56. The highest BCUT2D eigenvalue weighted by molar-refractivity contribution is 5.49. The van der Waals surface area contributed by atoms with Crippen LogP contribution in [0.4, 0.5) is 5.69 Å². The molecule has 104 valence electrons. The Morgan fingerprint density at radius 2 is 1.80 bits per heavy atom. The van der Waals surface area contributed by atoms with Crippen LogP contribution in [0.3, 0.4) is 0 Å². The van der Waals surface area contributed by atoms with Crippen molar-refractivity contribution in [1.82, 2.24) is 5.32 Å². The van der Waals surface area contributed by atoms with E-state index in [9.17, 15) is 5.11 Å². The third-order valence-electron chi connectivity index (χ3n) is 3.80. The number of piperazine rings is 1. The molecule has 0 aromatic heterocycles. The Morgan fingerprint density at radius 1 is 1.05 bits per heavy atom. The van der Waals surface area contributed by atoms with E-state index in [4.69, 9.17) is 0 Å². The number of nitrogens with zero attached hydrogens (tertiary/aromatic N) is 1. The van der Waals surface area contributed by atoms with Crippen molar-refractivity contribution >= 4 is 5.69 Å². The molecule has 0 aliphatic carbocycles. The number of nitrogens with one attached hydrogen (secondary N) is 1. The van der Waals surface area contributed by atoms with Crippen molar-refractivity contribution in [2.75, 3.05) is 24.5 Å². The summed E-state index contributed by atoms with van der Waals surface area (Å²) in [6.07, 6.45) is 1.05. The van der Waals surface area contributed by atoms with Crippen molar-refractivity contribution in [1.29, 1.82) is 0 Å². The number of phenolic OH excluding ortho intramolecular Hbond substituents is 1. The molecule has 2 N–H and O–H groups in total. The molecule has 20 heavy (non-hydrogen) atoms. The van der Waals surface area contributed by atoms with E-state index in [1.54, 1.807) is 12.1 Å². The number of aromatic hydroxyl groups is 1. The highest BCUT2D eigenvalue weighted by Gasteiger charge is 2.19. The van der Waals surface area contributed by atoms with Gasteiger partial charge < -0.3 is 15.3 Å². The van der Waals surface area contributed by atoms with Crippen LogP contribution in [-0.2, 0) is 6.42 Å². The molecule has 1 heterocycles. The zero-order valence-corrected chi connectivity index (χ0v) is 11.5. The monoisotopic (exact) mass is 268 g/mol. The maximum absolute atomic E-state index is 9.37. The molecule has 1 aliphatic rings. The van der Waals surface area contributed by atoms with Crippen LogP contribution in [0.5, 0.6) is 5.75 Å². The van der Waals surface area contributed by atoms with Gasteiger partial charge in [0.25, 0.3) is 0 Å². The van der Waals surface area contributed by atoms with E-state index >= 15 is 0 Å². The topological polar surface area (TPSA) is 35.5 Å². The summed E-state index contributed by atoms with van der Waals surface area (Å²) in [4.78, 5) is 2.38. The van der Waals surface area contributed by atoms with Crippen LogP contribution in [0, 0.1) is 0 Å². The van der Waals surface area contributed by atoms with Gasteiger partial charge in [0.05, 0.1) is 0 Å². The highest BCUT2D eigenvalue weighted by atomic mass is 16.3. The molecule has 1 aliphatic heterocycles. The minimum atomic E-state index is 0.324.